The van der Waals surface area contributed by atoms with Crippen molar-refractivity contribution in [3.05, 3.63) is 0 Å². The van der Waals surface area contributed by atoms with Gasteiger partial charge in [-0.3, -0.25) is 4.79 Å². The van der Waals surface area contributed by atoms with Crippen LogP contribution < -0.4 is 5.32 Å². The number of hydrogen-bond donors (Lipinski definition) is 1. The predicted octanol–water partition coefficient (Wildman–Crippen LogP) is 0.170. The van der Waals surface area contributed by atoms with Crippen molar-refractivity contribution < 1.29 is 4.79 Å². The van der Waals surface area contributed by atoms with Gasteiger partial charge in [0.2, 0.25) is 5.91 Å². The molecule has 3 nitrogen and oxygen atoms in total. The Morgan fingerprint density at radius 1 is 1.67 bits per heavy atom. The molecule has 0 aromatic carbocycles. The summed E-state index contributed by atoms with van der Waals surface area (Å²) in [6.07, 6.45) is 2.70. The second kappa shape index (κ2) is 4.72. The maximum atomic E-state index is 11.4. The molecule has 1 fully saturated rings. The first kappa shape index (κ1) is 9.86. The Morgan fingerprint density at radius 2 is 2.33 bits per heavy atom. The molecule has 1 heterocycles. The van der Waals surface area contributed by atoms with Gasteiger partial charge in [-0.25, -0.2) is 0 Å². The molecule has 0 saturated carbocycles. The number of rotatable bonds is 4. The van der Waals surface area contributed by atoms with Crippen LogP contribution in [0.4, 0.5) is 0 Å². The summed E-state index contributed by atoms with van der Waals surface area (Å²) in [6, 6.07) is 0.444. The zero-order valence-electron chi connectivity index (χ0n) is 7.67. The van der Waals surface area contributed by atoms with Crippen LogP contribution in [0.5, 0.6) is 0 Å². The standard InChI is InChI=1S/C8H16N2OS/c1-10(7-5-9-6-7)8(11)3-4-12-2/h7,9H,3-6H2,1-2H3. The average molecular weight is 188 g/mol. The van der Waals surface area contributed by atoms with Crippen molar-refractivity contribution in [3.63, 3.8) is 0 Å². The number of carbonyl (C=O) groups is 1. The Hall–Kier alpha value is -0.220. The van der Waals surface area contributed by atoms with Crippen molar-refractivity contribution in [2.75, 3.05) is 32.1 Å². The minimum Gasteiger partial charge on any atom is -0.340 e. The van der Waals surface area contributed by atoms with Gasteiger partial charge in [-0.15, -0.1) is 0 Å². The average Bonchev–Trinajstić information content (AvgIpc) is 1.96. The summed E-state index contributed by atoms with van der Waals surface area (Å²) < 4.78 is 0. The Labute approximate surface area is 77.9 Å². The number of carbonyl (C=O) groups excluding carboxylic acids is 1. The van der Waals surface area contributed by atoms with Crippen molar-refractivity contribution in [1.29, 1.82) is 0 Å². The molecule has 0 unspecified atom stereocenters. The van der Waals surface area contributed by atoms with Gasteiger partial charge in [0.05, 0.1) is 6.04 Å². The van der Waals surface area contributed by atoms with Crippen LogP contribution in [0, 0.1) is 0 Å². The first-order chi connectivity index (χ1) is 5.75. The molecule has 0 aromatic rings. The normalized spacial score (nSPS) is 17.2. The molecule has 12 heavy (non-hydrogen) atoms. The molecule has 0 aromatic heterocycles. The fourth-order valence-electron chi connectivity index (χ4n) is 1.12. The molecular weight excluding hydrogens is 172 g/mol. The molecule has 1 N–H and O–H groups in total. The fraction of sp³-hybridized carbons (Fsp3) is 0.875. The number of likely N-dealkylation sites (N-methyl/N-ethyl adjacent to an activating group) is 1. The molecule has 1 aliphatic rings. The zero-order valence-corrected chi connectivity index (χ0v) is 8.49. The van der Waals surface area contributed by atoms with E-state index in [4.69, 9.17) is 0 Å². The summed E-state index contributed by atoms with van der Waals surface area (Å²) in [5, 5.41) is 3.15. The lowest BCUT2D eigenvalue weighted by Crippen LogP contribution is -2.57. The minimum atomic E-state index is 0.274. The topological polar surface area (TPSA) is 32.3 Å². The number of thioether (sulfide) groups is 1. The molecule has 0 aliphatic carbocycles. The third kappa shape index (κ3) is 2.38. The number of hydrogen-bond acceptors (Lipinski definition) is 3. The SMILES string of the molecule is CSCCC(=O)N(C)C1CNC1. The molecular formula is C8H16N2OS. The summed E-state index contributed by atoms with van der Waals surface area (Å²) in [4.78, 5) is 13.3. The fourth-order valence-corrected chi connectivity index (χ4v) is 1.50. The van der Waals surface area contributed by atoms with E-state index in [0.29, 0.717) is 12.5 Å². The van der Waals surface area contributed by atoms with Gasteiger partial charge in [0.1, 0.15) is 0 Å². The Bertz CT molecular complexity index is 159. The van der Waals surface area contributed by atoms with Crippen molar-refractivity contribution in [2.45, 2.75) is 12.5 Å². The molecule has 1 aliphatic heterocycles. The smallest absolute Gasteiger partial charge is 0.223 e. The van der Waals surface area contributed by atoms with Gasteiger partial charge in [-0.05, 0) is 6.26 Å². The number of amides is 1. The van der Waals surface area contributed by atoms with Crippen LogP contribution in [0.1, 0.15) is 6.42 Å². The first-order valence-electron chi connectivity index (χ1n) is 4.21. The quantitative estimate of drug-likeness (QED) is 0.682. The second-order valence-electron chi connectivity index (χ2n) is 3.06. The first-order valence-corrected chi connectivity index (χ1v) is 5.60. The highest BCUT2D eigenvalue weighted by Crippen LogP contribution is 2.05. The summed E-state index contributed by atoms with van der Waals surface area (Å²) in [5.74, 6) is 1.21. The van der Waals surface area contributed by atoms with E-state index in [1.54, 1.807) is 11.8 Å². The molecule has 0 radical (unpaired) electrons. The summed E-state index contributed by atoms with van der Waals surface area (Å²) in [6.45, 7) is 1.92. The molecule has 0 bridgehead atoms. The predicted molar refractivity (Wildman–Crippen MR) is 52.4 cm³/mol. The molecule has 4 heteroatoms. The van der Waals surface area contributed by atoms with Gasteiger partial charge in [0.15, 0.2) is 0 Å². The van der Waals surface area contributed by atoms with Gasteiger partial charge < -0.3 is 10.2 Å². The van der Waals surface area contributed by atoms with Crippen LogP contribution in [0.2, 0.25) is 0 Å². The van der Waals surface area contributed by atoms with Crippen LogP contribution in [0.3, 0.4) is 0 Å². The Morgan fingerprint density at radius 3 is 2.75 bits per heavy atom. The van der Waals surface area contributed by atoms with E-state index in [-0.39, 0.29) is 5.91 Å². The van der Waals surface area contributed by atoms with Crippen molar-refractivity contribution in [3.8, 4) is 0 Å². The van der Waals surface area contributed by atoms with E-state index in [9.17, 15) is 4.79 Å². The van der Waals surface area contributed by atoms with Gasteiger partial charge >= 0.3 is 0 Å². The monoisotopic (exact) mass is 188 g/mol. The highest BCUT2D eigenvalue weighted by Gasteiger charge is 2.24. The maximum absolute atomic E-state index is 11.4. The van der Waals surface area contributed by atoms with Crippen LogP contribution in [-0.2, 0) is 4.79 Å². The van der Waals surface area contributed by atoms with Gasteiger partial charge in [-0.2, -0.15) is 11.8 Å². The van der Waals surface area contributed by atoms with Crippen LogP contribution in [0.25, 0.3) is 0 Å². The van der Waals surface area contributed by atoms with Crippen LogP contribution in [-0.4, -0.2) is 49.0 Å². The Balaban J connectivity index is 2.20. The van der Waals surface area contributed by atoms with E-state index in [2.05, 4.69) is 5.32 Å². The molecule has 1 rings (SSSR count). The van der Waals surface area contributed by atoms with E-state index < -0.39 is 0 Å². The second-order valence-corrected chi connectivity index (χ2v) is 4.05. The third-order valence-electron chi connectivity index (χ3n) is 2.22. The van der Waals surface area contributed by atoms with Gasteiger partial charge in [0, 0.05) is 32.3 Å². The highest BCUT2D eigenvalue weighted by molar-refractivity contribution is 7.98. The van der Waals surface area contributed by atoms with Gasteiger partial charge in [0.25, 0.3) is 0 Å². The van der Waals surface area contributed by atoms with Crippen LogP contribution in [0.15, 0.2) is 0 Å². The number of nitrogens with one attached hydrogen (secondary N) is 1. The largest absolute Gasteiger partial charge is 0.340 e. The summed E-state index contributed by atoms with van der Waals surface area (Å²) >= 11 is 1.72. The summed E-state index contributed by atoms with van der Waals surface area (Å²) in [5.41, 5.74) is 0. The van der Waals surface area contributed by atoms with E-state index >= 15 is 0 Å². The van der Waals surface area contributed by atoms with Crippen molar-refractivity contribution in [1.82, 2.24) is 10.2 Å². The molecule has 1 saturated heterocycles. The molecule has 1 amide bonds. The maximum Gasteiger partial charge on any atom is 0.223 e. The van der Waals surface area contributed by atoms with Crippen molar-refractivity contribution >= 4 is 17.7 Å². The molecule has 70 valence electrons. The lowest BCUT2D eigenvalue weighted by Gasteiger charge is -2.35. The minimum absolute atomic E-state index is 0.274. The van der Waals surface area contributed by atoms with E-state index in [1.807, 2.05) is 18.2 Å². The third-order valence-corrected chi connectivity index (χ3v) is 2.83. The van der Waals surface area contributed by atoms with E-state index in [0.717, 1.165) is 18.8 Å². The summed E-state index contributed by atoms with van der Waals surface area (Å²) in [7, 11) is 1.90. The van der Waals surface area contributed by atoms with E-state index in [1.165, 1.54) is 0 Å². The number of nitrogens with zero attached hydrogens (tertiary/aromatic N) is 1. The highest BCUT2D eigenvalue weighted by atomic mass is 32.2. The van der Waals surface area contributed by atoms with Gasteiger partial charge in [-0.1, -0.05) is 0 Å². The van der Waals surface area contributed by atoms with Crippen LogP contribution >= 0.6 is 11.8 Å². The van der Waals surface area contributed by atoms with Crippen molar-refractivity contribution in [2.24, 2.45) is 0 Å². The Kier molecular flexibility index (Phi) is 3.88. The molecule has 0 spiro atoms. The molecule has 0 atom stereocenters. The lowest BCUT2D eigenvalue weighted by molar-refractivity contribution is -0.132. The zero-order chi connectivity index (χ0) is 8.97. The lowest BCUT2D eigenvalue weighted by atomic mass is 10.1.